The molecular formula is C10H8N8O2S. The van der Waals surface area contributed by atoms with Gasteiger partial charge in [0.25, 0.3) is 0 Å². The third kappa shape index (κ3) is 2.45. The highest BCUT2D eigenvalue weighted by Crippen LogP contribution is 2.34. The summed E-state index contributed by atoms with van der Waals surface area (Å²) in [6, 6.07) is 0. The van der Waals surface area contributed by atoms with Crippen molar-refractivity contribution in [3.8, 4) is 0 Å². The fourth-order valence-corrected chi connectivity index (χ4v) is 2.49. The molecule has 0 saturated heterocycles. The van der Waals surface area contributed by atoms with Crippen LogP contribution in [0.3, 0.4) is 0 Å². The van der Waals surface area contributed by atoms with E-state index < -0.39 is 4.92 Å². The Hall–Kier alpha value is -2.82. The summed E-state index contributed by atoms with van der Waals surface area (Å²) in [4.78, 5) is 33.5. The highest BCUT2D eigenvalue weighted by molar-refractivity contribution is 7.99. The molecule has 0 amide bonds. The molecule has 0 aliphatic carbocycles. The number of aromatic amines is 1. The second kappa shape index (κ2) is 5.28. The topological polar surface area (TPSA) is 135 Å². The van der Waals surface area contributed by atoms with E-state index in [9.17, 15) is 10.1 Å². The van der Waals surface area contributed by atoms with Crippen molar-refractivity contribution in [2.75, 3.05) is 12.4 Å². The number of nitrogens with zero attached hydrogens (tertiary/aromatic N) is 6. The van der Waals surface area contributed by atoms with Gasteiger partial charge in [0.15, 0.2) is 10.7 Å². The monoisotopic (exact) mass is 304 g/mol. The fraction of sp³-hybridized carbons (Fsp3) is 0.100. The molecular weight excluding hydrogens is 296 g/mol. The molecule has 0 aliphatic heterocycles. The van der Waals surface area contributed by atoms with Crippen molar-refractivity contribution in [3.63, 3.8) is 0 Å². The van der Waals surface area contributed by atoms with Crippen LogP contribution in [0, 0.1) is 10.1 Å². The van der Waals surface area contributed by atoms with Crippen LogP contribution in [0.1, 0.15) is 0 Å². The van der Waals surface area contributed by atoms with Crippen molar-refractivity contribution in [1.29, 1.82) is 0 Å². The van der Waals surface area contributed by atoms with Crippen molar-refractivity contribution in [2.24, 2.45) is 0 Å². The van der Waals surface area contributed by atoms with E-state index in [0.29, 0.717) is 16.2 Å². The summed E-state index contributed by atoms with van der Waals surface area (Å²) in [5, 5.41) is 14.5. The van der Waals surface area contributed by atoms with E-state index in [1.807, 2.05) is 0 Å². The molecule has 0 spiro atoms. The van der Waals surface area contributed by atoms with E-state index >= 15 is 0 Å². The number of rotatable bonds is 4. The molecule has 0 aliphatic rings. The molecule has 0 saturated carbocycles. The van der Waals surface area contributed by atoms with Crippen LogP contribution in [-0.4, -0.2) is 41.9 Å². The van der Waals surface area contributed by atoms with Gasteiger partial charge in [-0.2, -0.15) is 4.98 Å². The first-order valence-corrected chi connectivity index (χ1v) is 6.52. The minimum Gasteiger partial charge on any atom is -0.357 e. The summed E-state index contributed by atoms with van der Waals surface area (Å²) >= 11 is 1.05. The predicted octanol–water partition coefficient (Wildman–Crippen LogP) is 1.24. The maximum absolute atomic E-state index is 11.1. The Morgan fingerprint density at radius 2 is 2.14 bits per heavy atom. The molecule has 0 radical (unpaired) electrons. The number of hydrogen-bond donors (Lipinski definition) is 2. The number of anilines is 1. The number of fused-ring (bicyclic) bond motifs is 1. The fourth-order valence-electron chi connectivity index (χ4n) is 1.59. The normalized spacial score (nSPS) is 10.7. The Bertz CT molecular complexity index is 820. The third-order valence-electron chi connectivity index (χ3n) is 2.54. The van der Waals surface area contributed by atoms with Gasteiger partial charge in [0.1, 0.15) is 23.1 Å². The molecule has 0 fully saturated rings. The van der Waals surface area contributed by atoms with Gasteiger partial charge in [0, 0.05) is 7.05 Å². The largest absolute Gasteiger partial charge is 0.357 e. The summed E-state index contributed by atoms with van der Waals surface area (Å²) in [6.07, 6.45) is 3.99. The Morgan fingerprint density at radius 1 is 1.29 bits per heavy atom. The van der Waals surface area contributed by atoms with Gasteiger partial charge in [-0.3, -0.25) is 10.1 Å². The molecule has 0 atom stereocenters. The van der Waals surface area contributed by atoms with E-state index in [0.717, 1.165) is 18.0 Å². The number of aromatic nitrogens is 6. The SMILES string of the molecule is CNc1ncc([N+](=O)[O-])c(Sc2ncnc3nc[nH]c23)n1. The molecule has 0 unspecified atom stereocenters. The van der Waals surface area contributed by atoms with Crippen LogP contribution in [-0.2, 0) is 0 Å². The van der Waals surface area contributed by atoms with Crippen LogP contribution in [0.5, 0.6) is 0 Å². The molecule has 21 heavy (non-hydrogen) atoms. The zero-order chi connectivity index (χ0) is 14.8. The van der Waals surface area contributed by atoms with E-state index in [1.165, 1.54) is 12.7 Å². The van der Waals surface area contributed by atoms with Crippen molar-refractivity contribution < 1.29 is 4.92 Å². The van der Waals surface area contributed by atoms with Gasteiger partial charge in [0.05, 0.1) is 11.3 Å². The molecule has 0 aromatic carbocycles. The zero-order valence-corrected chi connectivity index (χ0v) is 11.5. The second-order valence-electron chi connectivity index (χ2n) is 3.77. The summed E-state index contributed by atoms with van der Waals surface area (Å²) in [7, 11) is 1.63. The summed E-state index contributed by atoms with van der Waals surface area (Å²) in [6.45, 7) is 0. The average molecular weight is 304 g/mol. The minimum atomic E-state index is -0.535. The predicted molar refractivity (Wildman–Crippen MR) is 74.0 cm³/mol. The van der Waals surface area contributed by atoms with Crippen molar-refractivity contribution in [1.82, 2.24) is 29.9 Å². The minimum absolute atomic E-state index is 0.189. The van der Waals surface area contributed by atoms with E-state index in [4.69, 9.17) is 0 Å². The number of H-pyrrole nitrogens is 1. The molecule has 3 aromatic rings. The number of hydrogen-bond acceptors (Lipinski definition) is 9. The third-order valence-corrected chi connectivity index (χ3v) is 3.53. The summed E-state index contributed by atoms with van der Waals surface area (Å²) in [5.41, 5.74) is 0.893. The van der Waals surface area contributed by atoms with Gasteiger partial charge < -0.3 is 10.3 Å². The maximum Gasteiger partial charge on any atom is 0.320 e. The lowest BCUT2D eigenvalue weighted by atomic mass is 10.5. The molecule has 10 nitrogen and oxygen atoms in total. The van der Waals surface area contributed by atoms with Gasteiger partial charge in [-0.1, -0.05) is 0 Å². The van der Waals surface area contributed by atoms with Gasteiger partial charge in [-0.25, -0.2) is 19.9 Å². The van der Waals surface area contributed by atoms with Crippen molar-refractivity contribution in [3.05, 3.63) is 29.0 Å². The smallest absolute Gasteiger partial charge is 0.320 e. The average Bonchev–Trinajstić information content (AvgIpc) is 2.96. The molecule has 3 aromatic heterocycles. The standard InChI is InChI=1S/C10H8N8O2S/c1-11-10-12-2-5(18(19)20)8(17-10)21-9-6-7(14-3-13-6)15-4-16-9/h2-4H,1H3,(H,11,12,17)(H,13,14,15,16). The zero-order valence-electron chi connectivity index (χ0n) is 10.6. The molecule has 3 heterocycles. The Labute approximate surface area is 121 Å². The van der Waals surface area contributed by atoms with Crippen LogP contribution in [0.2, 0.25) is 0 Å². The number of nitro groups is 1. The highest BCUT2D eigenvalue weighted by atomic mass is 32.2. The lowest BCUT2D eigenvalue weighted by Crippen LogP contribution is -2.01. The van der Waals surface area contributed by atoms with E-state index in [2.05, 4.69) is 35.2 Å². The first-order valence-electron chi connectivity index (χ1n) is 5.70. The number of imidazole rings is 1. The van der Waals surface area contributed by atoms with Gasteiger partial charge in [-0.15, -0.1) is 0 Å². The van der Waals surface area contributed by atoms with Crippen LogP contribution in [0.15, 0.2) is 28.9 Å². The molecule has 11 heteroatoms. The second-order valence-corrected chi connectivity index (χ2v) is 4.75. The van der Waals surface area contributed by atoms with Crippen LogP contribution in [0.4, 0.5) is 11.6 Å². The van der Waals surface area contributed by atoms with Crippen molar-refractivity contribution in [2.45, 2.75) is 10.1 Å². The quantitative estimate of drug-likeness (QED) is 0.414. The van der Waals surface area contributed by atoms with Gasteiger partial charge >= 0.3 is 5.69 Å². The van der Waals surface area contributed by atoms with Gasteiger partial charge in [0.2, 0.25) is 5.95 Å². The first-order chi connectivity index (χ1) is 10.2. The van der Waals surface area contributed by atoms with E-state index in [-0.39, 0.29) is 16.7 Å². The van der Waals surface area contributed by atoms with Gasteiger partial charge in [-0.05, 0) is 11.8 Å². The Kier molecular flexibility index (Phi) is 3.31. The molecule has 3 rings (SSSR count). The maximum atomic E-state index is 11.1. The van der Waals surface area contributed by atoms with Crippen LogP contribution < -0.4 is 5.32 Å². The molecule has 0 bridgehead atoms. The lowest BCUT2D eigenvalue weighted by molar-refractivity contribution is -0.388. The Morgan fingerprint density at radius 3 is 2.90 bits per heavy atom. The molecule has 106 valence electrons. The summed E-state index contributed by atoms with van der Waals surface area (Å²) in [5.74, 6) is 0.290. The lowest BCUT2D eigenvalue weighted by Gasteiger charge is -2.04. The Balaban J connectivity index is 2.08. The summed E-state index contributed by atoms with van der Waals surface area (Å²) < 4.78 is 0. The highest BCUT2D eigenvalue weighted by Gasteiger charge is 2.20. The first kappa shape index (κ1) is 13.2. The van der Waals surface area contributed by atoms with Crippen LogP contribution >= 0.6 is 11.8 Å². The number of nitrogens with one attached hydrogen (secondary N) is 2. The van der Waals surface area contributed by atoms with E-state index in [1.54, 1.807) is 7.05 Å². The van der Waals surface area contributed by atoms with Crippen LogP contribution in [0.25, 0.3) is 11.2 Å². The van der Waals surface area contributed by atoms with Crippen molar-refractivity contribution >= 4 is 34.6 Å². The molecule has 2 N–H and O–H groups in total.